The largest absolute Gasteiger partial charge is 0.389 e. The van der Waals surface area contributed by atoms with E-state index in [-0.39, 0.29) is 19.1 Å². The Kier molecular flexibility index (Phi) is 7.02. The second-order valence-electron chi connectivity index (χ2n) is 4.30. The summed E-state index contributed by atoms with van der Waals surface area (Å²) in [5.41, 5.74) is 0.593. The number of ether oxygens (including phenoxy) is 1. The Morgan fingerprint density at radius 3 is 2.60 bits per heavy atom. The van der Waals surface area contributed by atoms with Gasteiger partial charge in [0.1, 0.15) is 0 Å². The minimum atomic E-state index is -0.716. The van der Waals surface area contributed by atoms with Crippen molar-refractivity contribution in [2.24, 2.45) is 0 Å². The number of likely N-dealkylation sites (N-methyl/N-ethyl adjacent to an activating group) is 1. The molecule has 0 heterocycles. The fourth-order valence-corrected chi connectivity index (χ4v) is 2.13. The molecule has 0 aliphatic heterocycles. The Morgan fingerprint density at radius 1 is 1.45 bits per heavy atom. The number of aliphatic hydroxyl groups excluding tert-OH is 1. The van der Waals surface area contributed by atoms with E-state index in [1.807, 2.05) is 0 Å². The van der Waals surface area contributed by atoms with E-state index < -0.39 is 6.10 Å². The lowest BCUT2D eigenvalue weighted by atomic mass is 10.2. The van der Waals surface area contributed by atoms with Crippen LogP contribution in [-0.2, 0) is 9.53 Å². The van der Waals surface area contributed by atoms with Gasteiger partial charge in [0, 0.05) is 42.4 Å². The summed E-state index contributed by atoms with van der Waals surface area (Å²) in [6, 6.07) is 5.13. The Hall–Kier alpha value is -1.07. The SMILES string of the molecule is COCC(O)CN(C)C(=O)C=Cc1c(Cl)cccc1Cl. The summed E-state index contributed by atoms with van der Waals surface area (Å²) in [7, 11) is 3.09. The number of hydrogen-bond acceptors (Lipinski definition) is 3. The first-order chi connectivity index (χ1) is 9.45. The summed E-state index contributed by atoms with van der Waals surface area (Å²) in [4.78, 5) is 13.3. The molecule has 20 heavy (non-hydrogen) atoms. The number of rotatable bonds is 6. The lowest BCUT2D eigenvalue weighted by molar-refractivity contribution is -0.126. The summed E-state index contributed by atoms with van der Waals surface area (Å²) in [5.74, 6) is -0.254. The van der Waals surface area contributed by atoms with Crippen LogP contribution < -0.4 is 0 Å². The fourth-order valence-electron chi connectivity index (χ4n) is 1.60. The highest BCUT2D eigenvalue weighted by Gasteiger charge is 2.11. The minimum Gasteiger partial charge on any atom is -0.389 e. The maximum atomic E-state index is 11.9. The molecule has 0 spiro atoms. The molecule has 0 saturated carbocycles. The molecule has 0 aliphatic carbocycles. The Balaban J connectivity index is 2.68. The molecule has 0 radical (unpaired) electrons. The highest BCUT2D eigenvalue weighted by Crippen LogP contribution is 2.25. The number of benzene rings is 1. The zero-order valence-corrected chi connectivity index (χ0v) is 12.9. The second kappa shape index (κ2) is 8.27. The number of halogens is 2. The van der Waals surface area contributed by atoms with Crippen molar-refractivity contribution in [3.05, 3.63) is 39.9 Å². The number of carbonyl (C=O) groups excluding carboxylic acids is 1. The van der Waals surface area contributed by atoms with Crippen molar-refractivity contribution < 1.29 is 14.6 Å². The topological polar surface area (TPSA) is 49.8 Å². The van der Waals surface area contributed by atoms with Gasteiger partial charge in [0.15, 0.2) is 0 Å². The van der Waals surface area contributed by atoms with Crippen LogP contribution in [0, 0.1) is 0 Å². The summed E-state index contributed by atoms with van der Waals surface area (Å²) in [6.45, 7) is 0.366. The van der Waals surface area contributed by atoms with Crippen molar-refractivity contribution in [3.8, 4) is 0 Å². The van der Waals surface area contributed by atoms with Crippen molar-refractivity contribution >= 4 is 35.2 Å². The lowest BCUT2D eigenvalue weighted by Crippen LogP contribution is -2.35. The predicted octanol–water partition coefficient (Wildman–Crippen LogP) is 2.47. The molecule has 0 aromatic heterocycles. The van der Waals surface area contributed by atoms with Crippen molar-refractivity contribution in [1.82, 2.24) is 4.90 Å². The molecule has 0 aliphatic rings. The molecular weight excluding hydrogens is 301 g/mol. The van der Waals surface area contributed by atoms with Crippen LogP contribution in [0.15, 0.2) is 24.3 Å². The summed E-state index contributed by atoms with van der Waals surface area (Å²) >= 11 is 12.0. The third-order valence-electron chi connectivity index (χ3n) is 2.61. The quantitative estimate of drug-likeness (QED) is 0.820. The van der Waals surface area contributed by atoms with Crippen LogP contribution in [0.3, 0.4) is 0 Å². The molecule has 6 heteroatoms. The minimum absolute atomic E-state index is 0.178. The molecule has 4 nitrogen and oxygen atoms in total. The Labute approximate surface area is 128 Å². The number of hydrogen-bond donors (Lipinski definition) is 1. The zero-order valence-electron chi connectivity index (χ0n) is 11.3. The average molecular weight is 318 g/mol. The molecule has 1 N–H and O–H groups in total. The molecule has 1 amide bonds. The smallest absolute Gasteiger partial charge is 0.246 e. The molecule has 0 bridgehead atoms. The first-order valence-electron chi connectivity index (χ1n) is 6.00. The molecular formula is C14H17Cl2NO3. The van der Waals surface area contributed by atoms with Gasteiger partial charge >= 0.3 is 0 Å². The maximum absolute atomic E-state index is 11.9. The molecule has 1 rings (SSSR count). The van der Waals surface area contributed by atoms with Gasteiger partial charge in [0.2, 0.25) is 5.91 Å². The summed E-state index contributed by atoms with van der Waals surface area (Å²) in [6.07, 6.45) is 2.21. The lowest BCUT2D eigenvalue weighted by Gasteiger charge is -2.18. The van der Waals surface area contributed by atoms with E-state index in [1.165, 1.54) is 18.1 Å². The van der Waals surface area contributed by atoms with Gasteiger partial charge in [0.05, 0.1) is 12.7 Å². The van der Waals surface area contributed by atoms with E-state index in [9.17, 15) is 9.90 Å². The molecule has 1 aromatic carbocycles. The van der Waals surface area contributed by atoms with Crippen molar-refractivity contribution in [2.45, 2.75) is 6.10 Å². The zero-order chi connectivity index (χ0) is 15.1. The van der Waals surface area contributed by atoms with E-state index in [1.54, 1.807) is 31.3 Å². The molecule has 0 fully saturated rings. The number of methoxy groups -OCH3 is 1. The van der Waals surface area contributed by atoms with E-state index >= 15 is 0 Å². The van der Waals surface area contributed by atoms with Gasteiger partial charge < -0.3 is 14.7 Å². The van der Waals surface area contributed by atoms with Crippen LogP contribution in [0.1, 0.15) is 5.56 Å². The normalized spacial score (nSPS) is 12.7. The van der Waals surface area contributed by atoms with Crippen LogP contribution in [0.4, 0.5) is 0 Å². The Morgan fingerprint density at radius 2 is 2.05 bits per heavy atom. The first kappa shape index (κ1) is 17.0. The van der Waals surface area contributed by atoms with E-state index in [2.05, 4.69) is 0 Å². The monoisotopic (exact) mass is 317 g/mol. The third kappa shape index (κ3) is 5.13. The molecule has 1 aromatic rings. The van der Waals surface area contributed by atoms with Crippen LogP contribution >= 0.6 is 23.2 Å². The molecule has 0 saturated heterocycles. The van der Waals surface area contributed by atoms with Crippen LogP contribution in [0.5, 0.6) is 0 Å². The van der Waals surface area contributed by atoms with Gasteiger partial charge in [-0.05, 0) is 18.2 Å². The maximum Gasteiger partial charge on any atom is 0.246 e. The van der Waals surface area contributed by atoms with Gasteiger partial charge in [0.25, 0.3) is 0 Å². The van der Waals surface area contributed by atoms with Crippen LogP contribution in [0.2, 0.25) is 10.0 Å². The molecule has 1 unspecified atom stereocenters. The van der Waals surface area contributed by atoms with Gasteiger partial charge in [-0.3, -0.25) is 4.79 Å². The van der Waals surface area contributed by atoms with Gasteiger partial charge in [-0.2, -0.15) is 0 Å². The highest BCUT2D eigenvalue weighted by atomic mass is 35.5. The third-order valence-corrected chi connectivity index (χ3v) is 3.27. The second-order valence-corrected chi connectivity index (χ2v) is 5.11. The first-order valence-corrected chi connectivity index (χ1v) is 6.75. The summed E-state index contributed by atoms with van der Waals surface area (Å²) in [5, 5.41) is 10.5. The molecule has 110 valence electrons. The molecule has 1 atom stereocenters. The van der Waals surface area contributed by atoms with Crippen molar-refractivity contribution in [2.75, 3.05) is 27.3 Å². The van der Waals surface area contributed by atoms with Crippen LogP contribution in [-0.4, -0.2) is 49.3 Å². The van der Waals surface area contributed by atoms with Crippen molar-refractivity contribution in [1.29, 1.82) is 0 Å². The predicted molar refractivity (Wildman–Crippen MR) is 81.0 cm³/mol. The number of nitrogens with zero attached hydrogens (tertiary/aromatic N) is 1. The van der Waals surface area contributed by atoms with E-state index in [4.69, 9.17) is 27.9 Å². The number of aliphatic hydroxyl groups is 1. The van der Waals surface area contributed by atoms with Gasteiger partial charge in [-0.1, -0.05) is 29.3 Å². The summed E-state index contributed by atoms with van der Waals surface area (Å²) < 4.78 is 4.80. The van der Waals surface area contributed by atoms with Crippen LogP contribution in [0.25, 0.3) is 6.08 Å². The standard InChI is InChI=1S/C14H17Cl2NO3/c1-17(8-10(18)9-20-2)14(19)7-6-11-12(15)4-3-5-13(11)16/h3-7,10,18H,8-9H2,1-2H3. The Bertz CT molecular complexity index is 471. The van der Waals surface area contributed by atoms with Gasteiger partial charge in [-0.25, -0.2) is 0 Å². The van der Waals surface area contributed by atoms with E-state index in [0.717, 1.165) is 0 Å². The highest BCUT2D eigenvalue weighted by molar-refractivity contribution is 6.37. The van der Waals surface area contributed by atoms with Crippen molar-refractivity contribution in [3.63, 3.8) is 0 Å². The van der Waals surface area contributed by atoms with Gasteiger partial charge in [-0.15, -0.1) is 0 Å². The number of carbonyl (C=O) groups is 1. The van der Waals surface area contributed by atoms with E-state index in [0.29, 0.717) is 15.6 Å². The number of amides is 1. The fraction of sp³-hybridized carbons (Fsp3) is 0.357. The average Bonchev–Trinajstić information content (AvgIpc) is 2.38.